The van der Waals surface area contributed by atoms with E-state index in [-0.39, 0.29) is 0 Å². The second-order valence-electron chi connectivity index (χ2n) is 5.88. The summed E-state index contributed by atoms with van der Waals surface area (Å²) in [6, 6.07) is 11.2. The SMILES string of the molecule is c1ccc(C2(CN3CCNCC3)CCCC2)cc1. The molecule has 2 fully saturated rings. The molecule has 1 saturated heterocycles. The summed E-state index contributed by atoms with van der Waals surface area (Å²) in [6.45, 7) is 6.01. The van der Waals surface area contributed by atoms with Gasteiger partial charge in [-0.25, -0.2) is 0 Å². The van der Waals surface area contributed by atoms with Crippen molar-refractivity contribution in [2.45, 2.75) is 31.1 Å². The number of hydrogen-bond donors (Lipinski definition) is 1. The minimum absolute atomic E-state index is 0.443. The van der Waals surface area contributed by atoms with Crippen LogP contribution in [0.1, 0.15) is 31.2 Å². The molecule has 2 nitrogen and oxygen atoms in total. The molecule has 18 heavy (non-hydrogen) atoms. The Labute approximate surface area is 110 Å². The van der Waals surface area contributed by atoms with Crippen molar-refractivity contribution < 1.29 is 0 Å². The first-order chi connectivity index (χ1) is 8.89. The first kappa shape index (κ1) is 12.2. The maximum absolute atomic E-state index is 3.45. The monoisotopic (exact) mass is 244 g/mol. The fourth-order valence-corrected chi connectivity index (χ4v) is 3.68. The Morgan fingerprint density at radius 2 is 1.67 bits per heavy atom. The zero-order chi connectivity index (χ0) is 12.3. The third kappa shape index (κ3) is 2.45. The topological polar surface area (TPSA) is 15.3 Å². The summed E-state index contributed by atoms with van der Waals surface area (Å²) in [6.07, 6.45) is 5.56. The third-order valence-corrected chi connectivity index (χ3v) is 4.68. The normalized spacial score (nSPS) is 24.2. The van der Waals surface area contributed by atoms with Gasteiger partial charge in [-0.05, 0) is 18.4 Å². The molecular formula is C16H24N2. The number of hydrogen-bond acceptors (Lipinski definition) is 2. The lowest BCUT2D eigenvalue weighted by atomic mass is 9.78. The van der Waals surface area contributed by atoms with Gasteiger partial charge in [0.2, 0.25) is 0 Å². The zero-order valence-electron chi connectivity index (χ0n) is 11.2. The van der Waals surface area contributed by atoms with Crippen molar-refractivity contribution in [3.63, 3.8) is 0 Å². The Morgan fingerprint density at radius 3 is 2.33 bits per heavy atom. The van der Waals surface area contributed by atoms with Gasteiger partial charge in [0.1, 0.15) is 0 Å². The molecule has 0 unspecified atom stereocenters. The Kier molecular flexibility index (Phi) is 3.67. The quantitative estimate of drug-likeness (QED) is 0.878. The molecule has 0 aromatic heterocycles. The summed E-state index contributed by atoms with van der Waals surface area (Å²) in [7, 11) is 0. The minimum Gasteiger partial charge on any atom is -0.314 e. The molecule has 2 heteroatoms. The van der Waals surface area contributed by atoms with Crippen LogP contribution in [-0.4, -0.2) is 37.6 Å². The van der Waals surface area contributed by atoms with E-state index in [0.29, 0.717) is 5.41 Å². The molecule has 0 amide bonds. The predicted molar refractivity (Wildman–Crippen MR) is 75.9 cm³/mol. The molecule has 0 radical (unpaired) electrons. The molecular weight excluding hydrogens is 220 g/mol. The van der Waals surface area contributed by atoms with Crippen molar-refractivity contribution in [3.05, 3.63) is 35.9 Å². The summed E-state index contributed by atoms with van der Waals surface area (Å²) in [5.41, 5.74) is 2.01. The summed E-state index contributed by atoms with van der Waals surface area (Å²) in [5, 5.41) is 3.45. The summed E-state index contributed by atoms with van der Waals surface area (Å²) >= 11 is 0. The maximum Gasteiger partial charge on any atom is 0.0108 e. The van der Waals surface area contributed by atoms with E-state index >= 15 is 0 Å². The van der Waals surface area contributed by atoms with Crippen molar-refractivity contribution in [2.24, 2.45) is 0 Å². The summed E-state index contributed by atoms with van der Waals surface area (Å²) < 4.78 is 0. The predicted octanol–water partition coefficient (Wildman–Crippen LogP) is 2.40. The van der Waals surface area contributed by atoms with E-state index in [1.807, 2.05) is 0 Å². The van der Waals surface area contributed by atoms with E-state index in [0.717, 1.165) is 13.1 Å². The lowest BCUT2D eigenvalue weighted by Gasteiger charge is -2.38. The van der Waals surface area contributed by atoms with E-state index in [1.165, 1.54) is 45.3 Å². The van der Waals surface area contributed by atoms with Crippen molar-refractivity contribution in [1.82, 2.24) is 10.2 Å². The molecule has 1 N–H and O–H groups in total. The van der Waals surface area contributed by atoms with Crippen LogP contribution in [0.3, 0.4) is 0 Å². The van der Waals surface area contributed by atoms with Gasteiger partial charge in [-0.3, -0.25) is 4.90 Å². The van der Waals surface area contributed by atoms with E-state index in [9.17, 15) is 0 Å². The Hall–Kier alpha value is -0.860. The second-order valence-corrected chi connectivity index (χ2v) is 5.88. The molecule has 0 atom stereocenters. The zero-order valence-corrected chi connectivity index (χ0v) is 11.2. The lowest BCUT2D eigenvalue weighted by Crippen LogP contribution is -2.48. The van der Waals surface area contributed by atoms with Crippen LogP contribution >= 0.6 is 0 Å². The molecule has 1 aliphatic carbocycles. The van der Waals surface area contributed by atoms with E-state index in [2.05, 4.69) is 40.5 Å². The first-order valence-electron chi connectivity index (χ1n) is 7.38. The number of nitrogens with zero attached hydrogens (tertiary/aromatic N) is 1. The number of benzene rings is 1. The number of rotatable bonds is 3. The smallest absolute Gasteiger partial charge is 0.0108 e. The second kappa shape index (κ2) is 5.41. The van der Waals surface area contributed by atoms with Crippen LogP contribution < -0.4 is 5.32 Å². The van der Waals surface area contributed by atoms with Crippen LogP contribution in [0, 0.1) is 0 Å². The van der Waals surface area contributed by atoms with Gasteiger partial charge in [-0.15, -0.1) is 0 Å². The van der Waals surface area contributed by atoms with Crippen molar-refractivity contribution in [2.75, 3.05) is 32.7 Å². The van der Waals surface area contributed by atoms with Crippen molar-refractivity contribution >= 4 is 0 Å². The maximum atomic E-state index is 3.45. The van der Waals surface area contributed by atoms with Gasteiger partial charge >= 0.3 is 0 Å². The van der Waals surface area contributed by atoms with Gasteiger partial charge in [0, 0.05) is 38.1 Å². The van der Waals surface area contributed by atoms with Crippen LogP contribution in [0.5, 0.6) is 0 Å². The van der Waals surface area contributed by atoms with Crippen LogP contribution in [0.25, 0.3) is 0 Å². The van der Waals surface area contributed by atoms with Crippen LogP contribution in [0.4, 0.5) is 0 Å². The Bertz CT molecular complexity index is 362. The minimum atomic E-state index is 0.443. The first-order valence-corrected chi connectivity index (χ1v) is 7.38. The van der Waals surface area contributed by atoms with Crippen LogP contribution in [0.2, 0.25) is 0 Å². The van der Waals surface area contributed by atoms with E-state index < -0.39 is 0 Å². The summed E-state index contributed by atoms with van der Waals surface area (Å²) in [5.74, 6) is 0. The highest BCUT2D eigenvalue weighted by Gasteiger charge is 2.37. The van der Waals surface area contributed by atoms with Crippen molar-refractivity contribution in [3.8, 4) is 0 Å². The summed E-state index contributed by atoms with van der Waals surface area (Å²) in [4.78, 5) is 2.66. The number of nitrogens with one attached hydrogen (secondary N) is 1. The average Bonchev–Trinajstić information content (AvgIpc) is 2.91. The molecule has 1 aliphatic heterocycles. The molecule has 0 spiro atoms. The highest BCUT2D eigenvalue weighted by Crippen LogP contribution is 2.41. The molecule has 98 valence electrons. The third-order valence-electron chi connectivity index (χ3n) is 4.68. The Balaban J connectivity index is 1.78. The van der Waals surface area contributed by atoms with Gasteiger partial charge < -0.3 is 5.32 Å². The average molecular weight is 244 g/mol. The standard InChI is InChI=1S/C16H24N2/c1-2-6-15(7-3-1)16(8-4-5-9-16)14-18-12-10-17-11-13-18/h1-3,6-7,17H,4-5,8-14H2. The molecule has 0 bridgehead atoms. The fourth-order valence-electron chi connectivity index (χ4n) is 3.68. The number of piperazine rings is 1. The van der Waals surface area contributed by atoms with Gasteiger partial charge in [-0.1, -0.05) is 43.2 Å². The molecule has 1 aromatic carbocycles. The lowest BCUT2D eigenvalue weighted by molar-refractivity contribution is 0.185. The molecule has 1 aromatic rings. The van der Waals surface area contributed by atoms with Crippen LogP contribution in [0.15, 0.2) is 30.3 Å². The molecule has 3 rings (SSSR count). The highest BCUT2D eigenvalue weighted by molar-refractivity contribution is 5.27. The molecule has 1 heterocycles. The molecule has 1 saturated carbocycles. The van der Waals surface area contributed by atoms with Gasteiger partial charge in [0.25, 0.3) is 0 Å². The fraction of sp³-hybridized carbons (Fsp3) is 0.625. The highest BCUT2D eigenvalue weighted by atomic mass is 15.2. The van der Waals surface area contributed by atoms with Crippen molar-refractivity contribution in [1.29, 1.82) is 0 Å². The van der Waals surface area contributed by atoms with Gasteiger partial charge in [0.15, 0.2) is 0 Å². The van der Waals surface area contributed by atoms with Gasteiger partial charge in [-0.2, -0.15) is 0 Å². The molecule has 2 aliphatic rings. The van der Waals surface area contributed by atoms with E-state index in [4.69, 9.17) is 0 Å². The largest absolute Gasteiger partial charge is 0.314 e. The van der Waals surface area contributed by atoms with E-state index in [1.54, 1.807) is 5.56 Å². The Morgan fingerprint density at radius 1 is 1.00 bits per heavy atom. The van der Waals surface area contributed by atoms with Gasteiger partial charge in [0.05, 0.1) is 0 Å². The van der Waals surface area contributed by atoms with Crippen LogP contribution in [-0.2, 0) is 5.41 Å².